The summed E-state index contributed by atoms with van der Waals surface area (Å²) in [5.74, 6) is 0.723. The smallest absolute Gasteiger partial charge is 0.264 e. The Labute approximate surface area is 150 Å². The summed E-state index contributed by atoms with van der Waals surface area (Å²) in [6.45, 7) is 1.56. The minimum atomic E-state index is -0.590. The van der Waals surface area contributed by atoms with Gasteiger partial charge < -0.3 is 14.4 Å². The van der Waals surface area contributed by atoms with E-state index in [-0.39, 0.29) is 11.7 Å². The fraction of sp³-hybridized carbons (Fsp3) is 0.368. The average Bonchev–Trinajstić information content (AvgIpc) is 3.22. The third-order valence-corrected chi connectivity index (χ3v) is 5.81. The van der Waals surface area contributed by atoms with Crippen molar-refractivity contribution in [2.24, 2.45) is 0 Å². The van der Waals surface area contributed by atoms with Gasteiger partial charge in [0.1, 0.15) is 11.4 Å². The molecule has 2 aromatic rings. The van der Waals surface area contributed by atoms with Crippen LogP contribution in [0.3, 0.4) is 0 Å². The van der Waals surface area contributed by atoms with Crippen molar-refractivity contribution in [1.29, 1.82) is 0 Å². The Morgan fingerprint density at radius 2 is 2.16 bits per heavy atom. The van der Waals surface area contributed by atoms with E-state index in [0.29, 0.717) is 48.7 Å². The number of likely N-dealkylation sites (tertiary alicyclic amines) is 1. The summed E-state index contributed by atoms with van der Waals surface area (Å²) < 4.78 is 11.3. The van der Waals surface area contributed by atoms with E-state index in [1.807, 2.05) is 30.3 Å². The van der Waals surface area contributed by atoms with Crippen LogP contribution in [0.1, 0.15) is 37.7 Å². The minimum absolute atomic E-state index is 0.000800. The lowest BCUT2D eigenvalue weighted by molar-refractivity contribution is 0.0429. The van der Waals surface area contributed by atoms with Gasteiger partial charge in [0, 0.05) is 25.0 Å². The van der Waals surface area contributed by atoms with E-state index in [1.54, 1.807) is 18.1 Å². The number of carbonyl (C=O) groups is 2. The number of Topliss-reactive ketones (excluding diaryl/α,β-unsaturated/α-hetero) is 1. The molecule has 2 aliphatic heterocycles. The lowest BCUT2D eigenvalue weighted by Gasteiger charge is -2.34. The molecule has 25 heavy (non-hydrogen) atoms. The molecular formula is C19H19NO4S. The third-order valence-electron chi connectivity index (χ3n) is 4.76. The number of carbonyl (C=O) groups excluding carboxylic acids is 2. The molecule has 1 fully saturated rings. The number of thiophene rings is 1. The monoisotopic (exact) mass is 357 g/mol. The zero-order valence-corrected chi connectivity index (χ0v) is 14.8. The standard InChI is InChI=1S/C19H19NO4S/c1-23-11-13-6-7-17(25-13)18(22)20-9-8-19(12-20)10-15(21)14-4-2-3-5-16(14)24-19/h2-7H,8-12H2,1H3/t19-/m1/s1. The molecule has 0 bridgehead atoms. The first-order chi connectivity index (χ1) is 12.1. The molecule has 1 saturated heterocycles. The molecule has 1 amide bonds. The average molecular weight is 357 g/mol. The number of rotatable bonds is 3. The second-order valence-electron chi connectivity index (χ2n) is 6.56. The van der Waals surface area contributed by atoms with Crippen LogP contribution < -0.4 is 4.74 Å². The predicted octanol–water partition coefficient (Wildman–Crippen LogP) is 3.14. The van der Waals surface area contributed by atoms with Crippen LogP contribution in [0.25, 0.3) is 0 Å². The fourth-order valence-electron chi connectivity index (χ4n) is 3.56. The number of fused-ring (bicyclic) bond motifs is 1. The third kappa shape index (κ3) is 2.96. The maximum absolute atomic E-state index is 12.8. The summed E-state index contributed by atoms with van der Waals surface area (Å²) in [5.41, 5.74) is 0.0497. The fourth-order valence-corrected chi connectivity index (χ4v) is 4.51. The van der Waals surface area contributed by atoms with E-state index in [2.05, 4.69) is 0 Å². The number of hydrogen-bond donors (Lipinski definition) is 0. The number of ether oxygens (including phenoxy) is 2. The molecule has 4 rings (SSSR count). The van der Waals surface area contributed by atoms with Crippen molar-refractivity contribution in [3.8, 4) is 5.75 Å². The predicted molar refractivity (Wildman–Crippen MR) is 94.3 cm³/mol. The summed E-state index contributed by atoms with van der Waals surface area (Å²) in [6.07, 6.45) is 1.00. The maximum atomic E-state index is 12.8. The van der Waals surface area contributed by atoms with Crippen LogP contribution >= 0.6 is 11.3 Å². The SMILES string of the molecule is COCc1ccc(C(=O)N2CC[C@@]3(CC(=O)c4ccccc4O3)C2)s1. The van der Waals surface area contributed by atoms with Crippen LogP contribution in [-0.2, 0) is 11.3 Å². The largest absolute Gasteiger partial charge is 0.484 e. The van der Waals surface area contributed by atoms with Crippen LogP contribution in [0.4, 0.5) is 0 Å². The highest BCUT2D eigenvalue weighted by molar-refractivity contribution is 7.14. The van der Waals surface area contributed by atoms with Gasteiger partial charge in [-0.05, 0) is 24.3 Å². The van der Waals surface area contributed by atoms with Crippen molar-refractivity contribution < 1.29 is 19.1 Å². The molecule has 1 atom stereocenters. The molecule has 1 spiro atoms. The highest BCUT2D eigenvalue weighted by atomic mass is 32.1. The zero-order valence-electron chi connectivity index (χ0n) is 14.0. The van der Waals surface area contributed by atoms with Crippen molar-refractivity contribution >= 4 is 23.0 Å². The number of para-hydroxylation sites is 1. The normalized spacial score (nSPS) is 22.1. The van der Waals surface area contributed by atoms with Crippen molar-refractivity contribution in [1.82, 2.24) is 4.90 Å². The number of methoxy groups -OCH3 is 1. The number of amides is 1. The molecule has 0 radical (unpaired) electrons. The van der Waals surface area contributed by atoms with Gasteiger partial charge in [0.15, 0.2) is 5.78 Å². The summed E-state index contributed by atoms with van der Waals surface area (Å²) >= 11 is 1.45. The molecule has 1 aromatic heterocycles. The zero-order chi connectivity index (χ0) is 17.4. The summed E-state index contributed by atoms with van der Waals surface area (Å²) in [5, 5.41) is 0. The second kappa shape index (κ2) is 6.28. The van der Waals surface area contributed by atoms with Crippen molar-refractivity contribution in [3.05, 3.63) is 51.7 Å². The molecule has 3 heterocycles. The summed E-state index contributed by atoms with van der Waals surface area (Å²) in [4.78, 5) is 28.8. The molecule has 5 nitrogen and oxygen atoms in total. The van der Waals surface area contributed by atoms with Crippen molar-refractivity contribution in [2.75, 3.05) is 20.2 Å². The van der Waals surface area contributed by atoms with Crippen molar-refractivity contribution in [3.63, 3.8) is 0 Å². The Balaban J connectivity index is 1.51. The Kier molecular flexibility index (Phi) is 4.09. The van der Waals surface area contributed by atoms with Crippen LogP contribution in [-0.4, -0.2) is 42.4 Å². The van der Waals surface area contributed by atoms with Crippen LogP contribution in [0, 0.1) is 0 Å². The molecule has 0 unspecified atom stereocenters. The number of ketones is 1. The Hall–Kier alpha value is -2.18. The van der Waals surface area contributed by atoms with Gasteiger partial charge in [-0.25, -0.2) is 0 Å². The van der Waals surface area contributed by atoms with Gasteiger partial charge >= 0.3 is 0 Å². The van der Waals surface area contributed by atoms with Gasteiger partial charge in [0.05, 0.1) is 30.0 Å². The first-order valence-corrected chi connectivity index (χ1v) is 9.10. The van der Waals surface area contributed by atoms with Crippen LogP contribution in [0.5, 0.6) is 5.75 Å². The Morgan fingerprint density at radius 3 is 3.00 bits per heavy atom. The quantitative estimate of drug-likeness (QED) is 0.847. The summed E-state index contributed by atoms with van der Waals surface area (Å²) in [7, 11) is 1.64. The van der Waals surface area contributed by atoms with Gasteiger partial charge in [0.25, 0.3) is 5.91 Å². The van der Waals surface area contributed by atoms with Gasteiger partial charge in [-0.3, -0.25) is 9.59 Å². The maximum Gasteiger partial charge on any atom is 0.264 e. The van der Waals surface area contributed by atoms with Gasteiger partial charge in [-0.2, -0.15) is 0 Å². The Morgan fingerprint density at radius 1 is 1.32 bits per heavy atom. The topological polar surface area (TPSA) is 55.8 Å². The van der Waals surface area contributed by atoms with E-state index >= 15 is 0 Å². The van der Waals surface area contributed by atoms with Crippen LogP contribution in [0.2, 0.25) is 0 Å². The van der Waals surface area contributed by atoms with E-state index in [0.717, 1.165) is 4.88 Å². The van der Waals surface area contributed by atoms with Crippen LogP contribution in [0.15, 0.2) is 36.4 Å². The lowest BCUT2D eigenvalue weighted by atomic mass is 9.89. The second-order valence-corrected chi connectivity index (χ2v) is 7.73. The number of hydrogen-bond acceptors (Lipinski definition) is 5. The van der Waals surface area contributed by atoms with Gasteiger partial charge in [-0.15, -0.1) is 11.3 Å². The number of benzene rings is 1. The van der Waals surface area contributed by atoms with Crippen molar-refractivity contribution in [2.45, 2.75) is 25.0 Å². The molecule has 0 aliphatic carbocycles. The minimum Gasteiger partial charge on any atom is -0.484 e. The van der Waals surface area contributed by atoms with Gasteiger partial charge in [0.2, 0.25) is 0 Å². The van der Waals surface area contributed by atoms with E-state index in [1.165, 1.54) is 11.3 Å². The molecular weight excluding hydrogens is 338 g/mol. The Bertz CT molecular complexity index is 830. The molecule has 0 saturated carbocycles. The molecule has 2 aliphatic rings. The molecule has 130 valence electrons. The molecule has 6 heteroatoms. The van der Waals surface area contributed by atoms with E-state index < -0.39 is 5.60 Å². The highest BCUT2D eigenvalue weighted by Crippen LogP contribution is 2.39. The molecule has 1 aromatic carbocycles. The first kappa shape index (κ1) is 16.3. The lowest BCUT2D eigenvalue weighted by Crippen LogP contribution is -2.45. The van der Waals surface area contributed by atoms with Gasteiger partial charge in [-0.1, -0.05) is 12.1 Å². The first-order valence-electron chi connectivity index (χ1n) is 8.28. The summed E-state index contributed by atoms with van der Waals surface area (Å²) in [6, 6.07) is 11.1. The molecule has 0 N–H and O–H groups in total. The van der Waals surface area contributed by atoms with E-state index in [4.69, 9.17) is 9.47 Å². The number of nitrogens with zero attached hydrogens (tertiary/aromatic N) is 1. The highest BCUT2D eigenvalue weighted by Gasteiger charge is 2.47. The van der Waals surface area contributed by atoms with E-state index in [9.17, 15) is 9.59 Å².